The molecule has 0 fully saturated rings. The third-order valence-electron chi connectivity index (χ3n) is 2.80. The molecule has 2 aromatic rings. The average molecular weight is 337 g/mol. The maximum absolute atomic E-state index is 11.0. The normalized spacial score (nSPS) is 10.3. The van der Waals surface area contributed by atoms with Gasteiger partial charge in [0.2, 0.25) is 0 Å². The summed E-state index contributed by atoms with van der Waals surface area (Å²) in [5, 5.41) is 14.0. The van der Waals surface area contributed by atoms with Crippen LogP contribution >= 0.6 is 15.9 Å². The Hall–Kier alpha value is -1.99. The lowest BCUT2D eigenvalue weighted by Gasteiger charge is -2.09. The Morgan fingerprint density at radius 1 is 1.25 bits per heavy atom. The number of nitro groups is 1. The van der Waals surface area contributed by atoms with Crippen LogP contribution < -0.4 is 11.1 Å². The second-order valence-corrected chi connectivity index (χ2v) is 5.00. The van der Waals surface area contributed by atoms with E-state index in [2.05, 4.69) is 26.2 Å². The second kappa shape index (κ2) is 6.44. The summed E-state index contributed by atoms with van der Waals surface area (Å²) in [6.07, 6.45) is 2.75. The van der Waals surface area contributed by atoms with Gasteiger partial charge in [-0.3, -0.25) is 15.1 Å². The number of anilines is 1. The van der Waals surface area contributed by atoms with E-state index >= 15 is 0 Å². The van der Waals surface area contributed by atoms with Crippen molar-refractivity contribution in [3.05, 3.63) is 62.4 Å². The van der Waals surface area contributed by atoms with Crippen LogP contribution in [0.15, 0.2) is 41.1 Å². The molecular weight excluding hydrogens is 324 g/mol. The predicted molar refractivity (Wildman–Crippen MR) is 80.3 cm³/mol. The van der Waals surface area contributed by atoms with Gasteiger partial charge in [-0.15, -0.1) is 0 Å². The van der Waals surface area contributed by atoms with Gasteiger partial charge in [-0.2, -0.15) is 0 Å². The number of nitrogens with one attached hydrogen (secondary N) is 1. The van der Waals surface area contributed by atoms with E-state index in [1.165, 1.54) is 12.4 Å². The first-order chi connectivity index (χ1) is 9.61. The zero-order valence-electron chi connectivity index (χ0n) is 10.5. The molecule has 0 radical (unpaired) electrons. The van der Waals surface area contributed by atoms with Crippen molar-refractivity contribution in [1.29, 1.82) is 0 Å². The first kappa shape index (κ1) is 14.4. The maximum atomic E-state index is 11.0. The number of nitrogens with zero attached hydrogens (tertiary/aromatic N) is 2. The number of benzene rings is 1. The van der Waals surface area contributed by atoms with E-state index in [1.807, 2.05) is 24.3 Å². The first-order valence-corrected chi connectivity index (χ1v) is 6.70. The molecule has 0 saturated carbocycles. The van der Waals surface area contributed by atoms with Crippen LogP contribution in [0.5, 0.6) is 0 Å². The molecule has 2 rings (SSSR count). The van der Waals surface area contributed by atoms with Gasteiger partial charge in [0.15, 0.2) is 0 Å². The molecule has 0 atom stereocenters. The number of aromatic nitrogens is 1. The molecule has 0 saturated heterocycles. The van der Waals surface area contributed by atoms with E-state index < -0.39 is 4.92 Å². The molecule has 0 aliphatic rings. The fourth-order valence-electron chi connectivity index (χ4n) is 1.72. The number of halogens is 1. The molecule has 1 aromatic heterocycles. The number of hydrogen-bond donors (Lipinski definition) is 2. The maximum Gasteiger partial charge on any atom is 0.311 e. The van der Waals surface area contributed by atoms with Gasteiger partial charge in [0.25, 0.3) is 0 Å². The molecule has 1 aromatic carbocycles. The van der Waals surface area contributed by atoms with Crippen molar-refractivity contribution in [2.24, 2.45) is 5.73 Å². The molecule has 20 heavy (non-hydrogen) atoms. The minimum atomic E-state index is -0.461. The summed E-state index contributed by atoms with van der Waals surface area (Å²) in [5.41, 5.74) is 7.96. The minimum Gasteiger partial charge on any atom is -0.374 e. The van der Waals surface area contributed by atoms with Crippen molar-refractivity contribution in [3.63, 3.8) is 0 Å². The minimum absolute atomic E-state index is 0.0575. The van der Waals surface area contributed by atoms with E-state index in [9.17, 15) is 10.1 Å². The summed E-state index contributed by atoms with van der Waals surface area (Å²) in [4.78, 5) is 14.3. The van der Waals surface area contributed by atoms with E-state index in [0.717, 1.165) is 11.1 Å². The van der Waals surface area contributed by atoms with Gasteiger partial charge >= 0.3 is 5.69 Å². The third kappa shape index (κ3) is 3.31. The summed E-state index contributed by atoms with van der Waals surface area (Å²) in [5.74, 6) is 0. The van der Waals surface area contributed by atoms with Gasteiger partial charge < -0.3 is 11.1 Å². The van der Waals surface area contributed by atoms with Crippen molar-refractivity contribution < 1.29 is 4.92 Å². The van der Waals surface area contributed by atoms with Gasteiger partial charge in [-0.1, -0.05) is 24.3 Å². The van der Waals surface area contributed by atoms with Crippen LogP contribution in [-0.2, 0) is 13.1 Å². The van der Waals surface area contributed by atoms with Crippen molar-refractivity contribution in [2.75, 3.05) is 5.32 Å². The van der Waals surface area contributed by atoms with Crippen LogP contribution in [0.3, 0.4) is 0 Å². The molecule has 0 aliphatic heterocycles. The Morgan fingerprint density at radius 3 is 2.50 bits per heavy atom. The molecule has 7 heteroatoms. The molecule has 1 heterocycles. The molecule has 0 aliphatic carbocycles. The third-order valence-corrected chi connectivity index (χ3v) is 3.41. The lowest BCUT2D eigenvalue weighted by Crippen LogP contribution is -2.04. The van der Waals surface area contributed by atoms with Crippen molar-refractivity contribution in [2.45, 2.75) is 13.1 Å². The largest absolute Gasteiger partial charge is 0.374 e. The van der Waals surface area contributed by atoms with Gasteiger partial charge in [0.1, 0.15) is 11.9 Å². The first-order valence-electron chi connectivity index (χ1n) is 5.91. The Morgan fingerprint density at radius 2 is 1.90 bits per heavy atom. The van der Waals surface area contributed by atoms with E-state index in [4.69, 9.17) is 5.73 Å². The van der Waals surface area contributed by atoms with E-state index in [0.29, 0.717) is 23.2 Å². The molecule has 0 bridgehead atoms. The molecule has 6 nitrogen and oxygen atoms in total. The highest BCUT2D eigenvalue weighted by Crippen LogP contribution is 2.31. The van der Waals surface area contributed by atoms with E-state index in [-0.39, 0.29) is 5.69 Å². The zero-order chi connectivity index (χ0) is 14.5. The SMILES string of the molecule is NCc1ccc(CNc2c(Br)cncc2[N+](=O)[O-])cc1. The van der Waals surface area contributed by atoms with Gasteiger partial charge in [-0.25, -0.2) is 0 Å². The standard InChI is InChI=1S/C13H13BrN4O2/c14-11-7-16-8-12(18(19)20)13(11)17-6-10-3-1-9(5-15)2-4-10/h1-4,7-8H,5-6,15H2,(H,16,17). The van der Waals surface area contributed by atoms with Crippen LogP contribution in [0.25, 0.3) is 0 Å². The van der Waals surface area contributed by atoms with Crippen LogP contribution in [0.2, 0.25) is 0 Å². The van der Waals surface area contributed by atoms with Crippen molar-refractivity contribution in [3.8, 4) is 0 Å². The molecule has 0 spiro atoms. The predicted octanol–water partition coefficient (Wildman–Crippen LogP) is 2.82. The Labute approximate surface area is 124 Å². The zero-order valence-corrected chi connectivity index (χ0v) is 12.1. The number of nitrogens with two attached hydrogens (primary N) is 1. The summed E-state index contributed by atoms with van der Waals surface area (Å²) in [7, 11) is 0. The van der Waals surface area contributed by atoms with Gasteiger partial charge in [0.05, 0.1) is 9.40 Å². The lowest BCUT2D eigenvalue weighted by atomic mass is 10.1. The highest BCUT2D eigenvalue weighted by atomic mass is 79.9. The topological polar surface area (TPSA) is 94.1 Å². The molecule has 0 unspecified atom stereocenters. The second-order valence-electron chi connectivity index (χ2n) is 4.15. The molecule has 104 valence electrons. The monoisotopic (exact) mass is 336 g/mol. The Bertz CT molecular complexity index is 616. The highest BCUT2D eigenvalue weighted by molar-refractivity contribution is 9.10. The van der Waals surface area contributed by atoms with Crippen LogP contribution in [0.4, 0.5) is 11.4 Å². The Balaban J connectivity index is 2.16. The van der Waals surface area contributed by atoms with Gasteiger partial charge in [-0.05, 0) is 27.1 Å². The Kier molecular flexibility index (Phi) is 4.65. The molecular formula is C13H13BrN4O2. The van der Waals surface area contributed by atoms with Crippen molar-refractivity contribution in [1.82, 2.24) is 4.98 Å². The summed E-state index contributed by atoms with van der Waals surface area (Å²) >= 11 is 3.27. The van der Waals surface area contributed by atoms with Crippen LogP contribution in [0, 0.1) is 10.1 Å². The summed E-state index contributed by atoms with van der Waals surface area (Å²) in [6.45, 7) is 0.976. The van der Waals surface area contributed by atoms with Crippen molar-refractivity contribution >= 4 is 27.3 Å². The smallest absolute Gasteiger partial charge is 0.311 e. The summed E-state index contributed by atoms with van der Waals surface area (Å²) < 4.78 is 0.560. The van der Waals surface area contributed by atoms with Gasteiger partial charge in [0, 0.05) is 19.3 Å². The highest BCUT2D eigenvalue weighted by Gasteiger charge is 2.16. The molecule has 3 N–H and O–H groups in total. The van der Waals surface area contributed by atoms with E-state index in [1.54, 1.807) is 0 Å². The van der Waals surface area contributed by atoms with Crippen LogP contribution in [0.1, 0.15) is 11.1 Å². The fourth-order valence-corrected chi connectivity index (χ4v) is 2.18. The number of pyridine rings is 1. The number of rotatable bonds is 5. The quantitative estimate of drug-likeness (QED) is 0.646. The average Bonchev–Trinajstić information content (AvgIpc) is 2.46. The lowest BCUT2D eigenvalue weighted by molar-refractivity contribution is -0.384. The van der Waals surface area contributed by atoms with Crippen LogP contribution in [-0.4, -0.2) is 9.91 Å². The molecule has 0 amide bonds. The fraction of sp³-hybridized carbons (Fsp3) is 0.154. The number of hydrogen-bond acceptors (Lipinski definition) is 5. The summed E-state index contributed by atoms with van der Waals surface area (Å²) in [6, 6.07) is 7.76.